The second kappa shape index (κ2) is 9.32. The van der Waals surface area contributed by atoms with E-state index in [9.17, 15) is 40.1 Å². The van der Waals surface area contributed by atoms with Crippen molar-refractivity contribution in [3.8, 4) is 5.75 Å². The van der Waals surface area contributed by atoms with Crippen LogP contribution in [0.5, 0.6) is 5.75 Å². The van der Waals surface area contributed by atoms with Crippen LogP contribution < -0.4 is 10.1 Å². The second-order valence-electron chi connectivity index (χ2n) is 6.73. The number of carbonyl (C=O) groups excluding carboxylic acids is 1. The Morgan fingerprint density at radius 3 is 2.43 bits per heavy atom. The number of hydrogen-bond donors (Lipinski definition) is 6. The number of ether oxygens (including phenoxy) is 2. The van der Waals surface area contributed by atoms with E-state index in [1.54, 1.807) is 0 Å². The van der Waals surface area contributed by atoms with Crippen molar-refractivity contribution < 1.29 is 49.5 Å². The van der Waals surface area contributed by atoms with E-state index in [1.807, 2.05) is 0 Å². The molecular weight excluding hydrogens is 408 g/mol. The van der Waals surface area contributed by atoms with E-state index in [4.69, 9.17) is 14.6 Å². The number of nitrogens with zero attached hydrogens (tertiary/aromatic N) is 1. The Kier molecular flexibility index (Phi) is 7.28. The lowest BCUT2D eigenvalue weighted by Gasteiger charge is -2.46. The molecule has 1 heterocycles. The van der Waals surface area contributed by atoms with E-state index in [-0.39, 0.29) is 11.4 Å². The first-order chi connectivity index (χ1) is 14.0. The van der Waals surface area contributed by atoms with Gasteiger partial charge in [0.1, 0.15) is 24.1 Å². The van der Waals surface area contributed by atoms with Gasteiger partial charge in [0.15, 0.2) is 0 Å². The molecule has 6 N–H and O–H groups in total. The van der Waals surface area contributed by atoms with Crippen LogP contribution in [-0.2, 0) is 14.3 Å². The highest BCUT2D eigenvalue weighted by Gasteiger charge is 2.56. The molecule has 13 nitrogen and oxygen atoms in total. The van der Waals surface area contributed by atoms with Crippen LogP contribution in [0.3, 0.4) is 0 Å². The van der Waals surface area contributed by atoms with Crippen molar-refractivity contribution in [2.24, 2.45) is 0 Å². The van der Waals surface area contributed by atoms with Crippen molar-refractivity contribution in [3.05, 3.63) is 34.4 Å². The summed E-state index contributed by atoms with van der Waals surface area (Å²) >= 11 is 0. The number of nitrogens with one attached hydrogen (secondary N) is 1. The quantitative estimate of drug-likeness (QED) is 0.199. The average Bonchev–Trinajstić information content (AvgIpc) is 2.68. The highest BCUT2D eigenvalue weighted by atomic mass is 16.7. The van der Waals surface area contributed by atoms with Gasteiger partial charge in [0, 0.05) is 19.1 Å². The monoisotopic (exact) mass is 430 g/mol. The number of aliphatic hydroxyl groups excluding tert-OH is 4. The fourth-order valence-corrected chi connectivity index (χ4v) is 3.06. The molecule has 1 unspecified atom stereocenters. The first-order valence-electron chi connectivity index (χ1n) is 8.77. The number of amides is 1. The van der Waals surface area contributed by atoms with E-state index in [0.29, 0.717) is 0 Å². The number of hydrogen-bond acceptors (Lipinski definition) is 10. The average molecular weight is 430 g/mol. The molecule has 166 valence electrons. The molecule has 0 aromatic heterocycles. The minimum Gasteiger partial charge on any atom is -0.476 e. The number of aliphatic carboxylic acids is 1. The molecule has 0 bridgehead atoms. The van der Waals surface area contributed by atoms with Crippen LogP contribution in [0.4, 0.5) is 5.69 Å². The topological polar surface area (TPSA) is 209 Å². The highest BCUT2D eigenvalue weighted by molar-refractivity contribution is 5.77. The number of nitro groups is 1. The lowest BCUT2D eigenvalue weighted by Crippen LogP contribution is -2.68. The molecule has 0 spiro atoms. The molecule has 0 saturated carbocycles. The first-order valence-corrected chi connectivity index (χ1v) is 8.77. The van der Waals surface area contributed by atoms with Gasteiger partial charge in [-0.1, -0.05) is 0 Å². The number of rotatable bonds is 8. The standard InChI is InChI=1S/C17H22N2O11/c1-8(21)18-13-11(22)6-17(16(25)26,30-15(13)14(24)12(23)7-20)29-10-4-2-9(3-5-10)19(27)28/h2-5,11-15,20,22-24H,6-7H2,1H3,(H,18,21)(H,25,26)/t11-,12+,13?,14+,15+,17+/m0/s1. The van der Waals surface area contributed by atoms with Crippen LogP contribution in [0.25, 0.3) is 0 Å². The minimum atomic E-state index is -2.56. The van der Waals surface area contributed by atoms with Gasteiger partial charge in [0.2, 0.25) is 5.91 Å². The smallest absolute Gasteiger partial charge is 0.377 e. The molecule has 1 amide bonds. The zero-order valence-corrected chi connectivity index (χ0v) is 15.7. The van der Waals surface area contributed by atoms with Crippen molar-refractivity contribution in [1.82, 2.24) is 5.32 Å². The molecule has 6 atom stereocenters. The third-order valence-electron chi connectivity index (χ3n) is 4.52. The number of nitro benzene ring substituents is 1. The number of non-ortho nitro benzene ring substituents is 1. The zero-order chi connectivity index (χ0) is 22.6. The van der Waals surface area contributed by atoms with Gasteiger partial charge in [-0.05, 0) is 12.1 Å². The SMILES string of the molecule is CC(=O)NC1[C@H]([C@H](O)[C@H](O)CO)O[C@@](Oc2ccc([N+](=O)[O-])cc2)(C(=O)O)C[C@@H]1O. The Bertz CT molecular complexity index is 786. The maximum atomic E-state index is 12.0. The molecule has 0 radical (unpaired) electrons. The van der Waals surface area contributed by atoms with Crippen molar-refractivity contribution in [1.29, 1.82) is 0 Å². The predicted molar refractivity (Wildman–Crippen MR) is 96.3 cm³/mol. The summed E-state index contributed by atoms with van der Waals surface area (Å²) in [5, 5.41) is 62.5. The van der Waals surface area contributed by atoms with Gasteiger partial charge in [0.25, 0.3) is 5.69 Å². The summed E-state index contributed by atoms with van der Waals surface area (Å²) in [5.74, 6) is -5.04. The van der Waals surface area contributed by atoms with Crippen molar-refractivity contribution in [3.63, 3.8) is 0 Å². The Balaban J connectivity index is 2.40. The van der Waals surface area contributed by atoms with Crippen LogP contribution in [0.1, 0.15) is 13.3 Å². The third-order valence-corrected chi connectivity index (χ3v) is 4.52. The Hall–Kier alpha value is -2.84. The number of carboxylic acids is 1. The summed E-state index contributed by atoms with van der Waals surface area (Å²) in [6.07, 6.45) is -7.65. The van der Waals surface area contributed by atoms with Crippen LogP contribution >= 0.6 is 0 Å². The molecule has 1 aliphatic heterocycles. The molecular formula is C17H22N2O11. The summed E-state index contributed by atoms with van der Waals surface area (Å²) in [5.41, 5.74) is -0.276. The summed E-state index contributed by atoms with van der Waals surface area (Å²) in [6.45, 7) is 0.207. The summed E-state index contributed by atoms with van der Waals surface area (Å²) in [6, 6.07) is 3.03. The molecule has 1 aromatic carbocycles. The molecule has 1 aromatic rings. The maximum Gasteiger partial charge on any atom is 0.377 e. The van der Waals surface area contributed by atoms with Gasteiger partial charge in [-0.2, -0.15) is 0 Å². The van der Waals surface area contributed by atoms with E-state index in [1.165, 1.54) is 0 Å². The molecule has 1 saturated heterocycles. The van der Waals surface area contributed by atoms with Crippen LogP contribution in [0, 0.1) is 10.1 Å². The van der Waals surface area contributed by atoms with Gasteiger partial charge in [-0.3, -0.25) is 14.9 Å². The van der Waals surface area contributed by atoms with Crippen LogP contribution in [-0.4, -0.2) is 85.2 Å². The molecule has 30 heavy (non-hydrogen) atoms. The van der Waals surface area contributed by atoms with Gasteiger partial charge in [-0.25, -0.2) is 4.79 Å². The van der Waals surface area contributed by atoms with Crippen LogP contribution in [0.2, 0.25) is 0 Å². The second-order valence-corrected chi connectivity index (χ2v) is 6.73. The summed E-state index contributed by atoms with van der Waals surface area (Å²) in [7, 11) is 0. The molecule has 1 aliphatic rings. The van der Waals surface area contributed by atoms with Crippen molar-refractivity contribution in [2.45, 2.75) is 49.6 Å². The number of benzene rings is 1. The van der Waals surface area contributed by atoms with Crippen LogP contribution in [0.15, 0.2) is 24.3 Å². The normalized spacial score (nSPS) is 28.2. The Morgan fingerprint density at radius 1 is 1.37 bits per heavy atom. The number of carboxylic acid groups (broad SMARTS) is 1. The van der Waals surface area contributed by atoms with E-state index in [2.05, 4.69) is 5.32 Å². The maximum absolute atomic E-state index is 12.0. The summed E-state index contributed by atoms with van der Waals surface area (Å²) < 4.78 is 10.8. The predicted octanol–water partition coefficient (Wildman–Crippen LogP) is -1.88. The fourth-order valence-electron chi connectivity index (χ4n) is 3.06. The van der Waals surface area contributed by atoms with E-state index in [0.717, 1.165) is 31.2 Å². The highest BCUT2D eigenvalue weighted by Crippen LogP contribution is 2.35. The van der Waals surface area contributed by atoms with Gasteiger partial charge in [0.05, 0.1) is 30.1 Å². The molecule has 2 rings (SSSR count). The lowest BCUT2D eigenvalue weighted by atomic mass is 9.88. The van der Waals surface area contributed by atoms with Gasteiger partial charge >= 0.3 is 11.8 Å². The van der Waals surface area contributed by atoms with Gasteiger partial charge < -0.3 is 40.3 Å². The number of carbonyl (C=O) groups is 2. The number of aliphatic hydroxyl groups is 4. The largest absolute Gasteiger partial charge is 0.476 e. The lowest BCUT2D eigenvalue weighted by molar-refractivity contribution is -0.384. The van der Waals surface area contributed by atoms with Gasteiger partial charge in [-0.15, -0.1) is 0 Å². The molecule has 13 heteroatoms. The van der Waals surface area contributed by atoms with E-state index >= 15 is 0 Å². The van der Waals surface area contributed by atoms with Crippen molar-refractivity contribution in [2.75, 3.05) is 6.61 Å². The fraction of sp³-hybridized carbons (Fsp3) is 0.529. The molecule has 1 fully saturated rings. The van der Waals surface area contributed by atoms with E-state index < -0.39 is 66.1 Å². The third kappa shape index (κ3) is 5.01. The molecule has 0 aliphatic carbocycles. The van der Waals surface area contributed by atoms with Crippen molar-refractivity contribution >= 4 is 17.6 Å². The first kappa shape index (κ1) is 23.4. The Morgan fingerprint density at radius 2 is 1.97 bits per heavy atom. The Labute approximate surface area is 169 Å². The summed E-state index contributed by atoms with van der Waals surface area (Å²) in [4.78, 5) is 33.5. The minimum absolute atomic E-state index is 0.149. The zero-order valence-electron chi connectivity index (χ0n) is 15.7.